The van der Waals surface area contributed by atoms with Gasteiger partial charge in [0.1, 0.15) is 0 Å². The molecule has 0 spiro atoms. The van der Waals surface area contributed by atoms with Gasteiger partial charge in [0.15, 0.2) is 0 Å². The number of hydrogen-bond donors (Lipinski definition) is 1. The molecule has 4 heteroatoms. The molecule has 1 aliphatic heterocycles. The second kappa shape index (κ2) is 5.86. The standard InChI is InChI=1S/C16H24N2OS/c1-2-11-10-18(8-6-14(11)17)16(19)13-4-3-5-15-12(13)7-9-20-15/h7,9,11,13-14H,2-6,8,10,17H2,1H3. The summed E-state index contributed by atoms with van der Waals surface area (Å²) in [5.74, 6) is 0.921. The van der Waals surface area contributed by atoms with Crippen LogP contribution in [0.2, 0.25) is 0 Å². The van der Waals surface area contributed by atoms with E-state index in [0.717, 1.165) is 45.2 Å². The fraction of sp³-hybridized carbons (Fsp3) is 0.688. The van der Waals surface area contributed by atoms with E-state index in [-0.39, 0.29) is 12.0 Å². The van der Waals surface area contributed by atoms with Crippen molar-refractivity contribution in [3.05, 3.63) is 21.9 Å². The Morgan fingerprint density at radius 1 is 1.50 bits per heavy atom. The van der Waals surface area contributed by atoms with Crippen molar-refractivity contribution in [2.45, 2.75) is 51.0 Å². The summed E-state index contributed by atoms with van der Waals surface area (Å²) in [5, 5.41) is 2.14. The normalized spacial score (nSPS) is 30.1. The topological polar surface area (TPSA) is 46.3 Å². The molecule has 1 amide bonds. The van der Waals surface area contributed by atoms with E-state index in [1.54, 1.807) is 0 Å². The van der Waals surface area contributed by atoms with Crippen LogP contribution < -0.4 is 5.73 Å². The van der Waals surface area contributed by atoms with Crippen molar-refractivity contribution in [3.8, 4) is 0 Å². The summed E-state index contributed by atoms with van der Waals surface area (Å²) < 4.78 is 0. The average Bonchev–Trinajstić information content (AvgIpc) is 2.95. The molecule has 1 aromatic heterocycles. The van der Waals surface area contributed by atoms with Crippen molar-refractivity contribution in [1.82, 2.24) is 4.90 Å². The van der Waals surface area contributed by atoms with E-state index in [2.05, 4.69) is 23.3 Å². The zero-order valence-corrected chi connectivity index (χ0v) is 13.0. The number of rotatable bonds is 2. The maximum atomic E-state index is 12.9. The first-order valence-corrected chi connectivity index (χ1v) is 8.69. The van der Waals surface area contributed by atoms with Crippen LogP contribution in [-0.2, 0) is 11.2 Å². The molecule has 1 fully saturated rings. The van der Waals surface area contributed by atoms with E-state index >= 15 is 0 Å². The molecule has 0 aromatic carbocycles. The molecule has 20 heavy (non-hydrogen) atoms. The van der Waals surface area contributed by atoms with Gasteiger partial charge in [-0.05, 0) is 48.6 Å². The fourth-order valence-corrected chi connectivity index (χ4v) is 4.63. The number of thiophene rings is 1. The molecule has 3 unspecified atom stereocenters. The Hall–Kier alpha value is -0.870. The molecule has 1 aromatic rings. The van der Waals surface area contributed by atoms with Crippen LogP contribution in [0.5, 0.6) is 0 Å². The molecular formula is C16H24N2OS. The van der Waals surface area contributed by atoms with Gasteiger partial charge in [0.25, 0.3) is 0 Å². The molecule has 2 heterocycles. The second-order valence-electron chi connectivity index (χ2n) is 6.15. The Balaban J connectivity index is 1.74. The minimum atomic E-state index is 0.108. The highest BCUT2D eigenvalue weighted by Gasteiger charge is 2.34. The number of fused-ring (bicyclic) bond motifs is 1. The molecule has 2 aliphatic rings. The number of likely N-dealkylation sites (tertiary alicyclic amines) is 1. The largest absolute Gasteiger partial charge is 0.342 e. The van der Waals surface area contributed by atoms with Gasteiger partial charge >= 0.3 is 0 Å². The number of carbonyl (C=O) groups excluding carboxylic acids is 1. The van der Waals surface area contributed by atoms with Gasteiger partial charge in [-0.2, -0.15) is 0 Å². The minimum Gasteiger partial charge on any atom is -0.342 e. The monoisotopic (exact) mass is 292 g/mol. The van der Waals surface area contributed by atoms with Gasteiger partial charge in [0, 0.05) is 24.0 Å². The number of piperidine rings is 1. The third-order valence-corrected chi connectivity index (χ3v) is 5.98. The number of nitrogens with zero attached hydrogens (tertiary/aromatic N) is 1. The smallest absolute Gasteiger partial charge is 0.230 e. The maximum absolute atomic E-state index is 12.9. The number of carbonyl (C=O) groups is 1. The van der Waals surface area contributed by atoms with Crippen molar-refractivity contribution < 1.29 is 4.79 Å². The van der Waals surface area contributed by atoms with Crippen molar-refractivity contribution in [1.29, 1.82) is 0 Å². The highest BCUT2D eigenvalue weighted by atomic mass is 32.1. The summed E-state index contributed by atoms with van der Waals surface area (Å²) >= 11 is 1.81. The quantitative estimate of drug-likeness (QED) is 0.911. The molecule has 1 aliphatic carbocycles. The van der Waals surface area contributed by atoms with Crippen LogP contribution in [0.4, 0.5) is 0 Å². The number of nitrogens with two attached hydrogens (primary N) is 1. The van der Waals surface area contributed by atoms with Crippen LogP contribution in [0.25, 0.3) is 0 Å². The SMILES string of the molecule is CCC1CN(C(=O)C2CCCc3sccc32)CCC1N. The summed E-state index contributed by atoms with van der Waals surface area (Å²) in [4.78, 5) is 16.4. The summed E-state index contributed by atoms with van der Waals surface area (Å²) in [6.45, 7) is 3.87. The van der Waals surface area contributed by atoms with Gasteiger partial charge < -0.3 is 10.6 Å². The molecule has 110 valence electrons. The van der Waals surface area contributed by atoms with Gasteiger partial charge in [-0.15, -0.1) is 11.3 Å². The molecule has 3 rings (SSSR count). The molecular weight excluding hydrogens is 268 g/mol. The zero-order chi connectivity index (χ0) is 14.1. The van der Waals surface area contributed by atoms with Gasteiger partial charge in [-0.1, -0.05) is 13.3 Å². The van der Waals surface area contributed by atoms with E-state index in [0.29, 0.717) is 11.8 Å². The lowest BCUT2D eigenvalue weighted by Gasteiger charge is -2.38. The van der Waals surface area contributed by atoms with Crippen LogP contribution in [0.1, 0.15) is 49.0 Å². The van der Waals surface area contributed by atoms with Crippen LogP contribution in [0.15, 0.2) is 11.4 Å². The Kier molecular flexibility index (Phi) is 4.13. The van der Waals surface area contributed by atoms with E-state index < -0.39 is 0 Å². The second-order valence-corrected chi connectivity index (χ2v) is 7.15. The van der Waals surface area contributed by atoms with E-state index in [9.17, 15) is 4.79 Å². The Labute approximate surface area is 125 Å². The van der Waals surface area contributed by atoms with Crippen molar-refractivity contribution in [2.75, 3.05) is 13.1 Å². The summed E-state index contributed by atoms with van der Waals surface area (Å²) in [6.07, 6.45) is 5.34. The van der Waals surface area contributed by atoms with Crippen molar-refractivity contribution in [3.63, 3.8) is 0 Å². The van der Waals surface area contributed by atoms with Crippen molar-refractivity contribution >= 4 is 17.2 Å². The van der Waals surface area contributed by atoms with Crippen LogP contribution >= 0.6 is 11.3 Å². The first kappa shape index (κ1) is 14.1. The highest BCUT2D eigenvalue weighted by molar-refractivity contribution is 7.10. The lowest BCUT2D eigenvalue weighted by Crippen LogP contribution is -2.50. The van der Waals surface area contributed by atoms with Gasteiger partial charge in [0.2, 0.25) is 5.91 Å². The predicted octanol–water partition coefficient (Wildman–Crippen LogP) is 2.75. The molecule has 0 bridgehead atoms. The summed E-state index contributed by atoms with van der Waals surface area (Å²) in [6, 6.07) is 2.43. The predicted molar refractivity (Wildman–Crippen MR) is 83.0 cm³/mol. The Morgan fingerprint density at radius 3 is 3.15 bits per heavy atom. The maximum Gasteiger partial charge on any atom is 0.230 e. The highest BCUT2D eigenvalue weighted by Crippen LogP contribution is 2.36. The average molecular weight is 292 g/mol. The van der Waals surface area contributed by atoms with Gasteiger partial charge in [-0.25, -0.2) is 0 Å². The molecule has 2 N–H and O–H groups in total. The molecule has 0 radical (unpaired) electrons. The molecule has 0 saturated carbocycles. The molecule has 3 nitrogen and oxygen atoms in total. The number of hydrogen-bond acceptors (Lipinski definition) is 3. The molecule has 3 atom stereocenters. The first-order valence-electron chi connectivity index (χ1n) is 7.81. The zero-order valence-electron chi connectivity index (χ0n) is 12.2. The fourth-order valence-electron chi connectivity index (χ4n) is 3.65. The lowest BCUT2D eigenvalue weighted by molar-refractivity contribution is -0.135. The van der Waals surface area contributed by atoms with Crippen LogP contribution in [0, 0.1) is 5.92 Å². The minimum absolute atomic E-state index is 0.108. The third kappa shape index (κ3) is 2.51. The third-order valence-electron chi connectivity index (χ3n) is 4.98. The van der Waals surface area contributed by atoms with E-state index in [1.165, 1.54) is 10.4 Å². The molecule has 1 saturated heterocycles. The first-order chi connectivity index (χ1) is 9.70. The van der Waals surface area contributed by atoms with E-state index in [4.69, 9.17) is 5.73 Å². The van der Waals surface area contributed by atoms with Crippen molar-refractivity contribution in [2.24, 2.45) is 11.7 Å². The summed E-state index contributed by atoms with van der Waals surface area (Å²) in [7, 11) is 0. The Bertz CT molecular complexity index is 485. The summed E-state index contributed by atoms with van der Waals surface area (Å²) in [5.41, 5.74) is 7.45. The van der Waals surface area contributed by atoms with Crippen LogP contribution in [-0.4, -0.2) is 29.9 Å². The number of aryl methyl sites for hydroxylation is 1. The van der Waals surface area contributed by atoms with Gasteiger partial charge in [-0.3, -0.25) is 4.79 Å². The van der Waals surface area contributed by atoms with Gasteiger partial charge in [0.05, 0.1) is 5.92 Å². The Morgan fingerprint density at radius 2 is 2.35 bits per heavy atom. The number of amides is 1. The van der Waals surface area contributed by atoms with E-state index in [1.807, 2.05) is 11.3 Å². The van der Waals surface area contributed by atoms with Crippen LogP contribution in [0.3, 0.4) is 0 Å². The lowest BCUT2D eigenvalue weighted by atomic mass is 9.85.